The first-order valence-corrected chi connectivity index (χ1v) is 5.73. The Kier molecular flexibility index (Phi) is 5.66. The molecule has 1 rings (SSSR count). The van der Waals surface area contributed by atoms with Crippen molar-refractivity contribution >= 4 is 0 Å². The van der Waals surface area contributed by atoms with Gasteiger partial charge in [-0.3, -0.25) is 4.90 Å². The third-order valence-electron chi connectivity index (χ3n) is 2.99. The lowest BCUT2D eigenvalue weighted by Crippen LogP contribution is -2.38. The Hall–Kier alpha value is -0.520. The van der Waals surface area contributed by atoms with Crippen molar-refractivity contribution in [3.8, 4) is 12.3 Å². The maximum atomic E-state index is 5.17. The van der Waals surface area contributed by atoms with Gasteiger partial charge in [0.2, 0.25) is 0 Å². The summed E-state index contributed by atoms with van der Waals surface area (Å²) in [7, 11) is 0. The normalized spacial score (nSPS) is 24.1. The second kappa shape index (κ2) is 6.86. The van der Waals surface area contributed by atoms with E-state index in [0.717, 1.165) is 19.1 Å². The Morgan fingerprint density at radius 2 is 2.29 bits per heavy atom. The summed E-state index contributed by atoms with van der Waals surface area (Å²) in [5.41, 5.74) is 0. The molecule has 0 saturated carbocycles. The number of rotatable bonds is 4. The molecule has 1 unspecified atom stereocenters. The Labute approximate surface area is 88.1 Å². The highest BCUT2D eigenvalue weighted by Gasteiger charge is 2.15. The number of hydrogen-bond acceptors (Lipinski definition) is 2. The molecular formula is C12H22N2. The first-order valence-electron chi connectivity index (χ1n) is 5.73. The molecule has 0 radical (unpaired) electrons. The smallest absolute Gasteiger partial charge is 0.0574 e. The quantitative estimate of drug-likeness (QED) is 0.538. The van der Waals surface area contributed by atoms with Gasteiger partial charge in [-0.2, -0.15) is 0 Å². The van der Waals surface area contributed by atoms with Gasteiger partial charge in [-0.05, 0) is 26.3 Å². The fourth-order valence-corrected chi connectivity index (χ4v) is 2.05. The van der Waals surface area contributed by atoms with Crippen LogP contribution in [-0.2, 0) is 0 Å². The van der Waals surface area contributed by atoms with Gasteiger partial charge in [-0.25, -0.2) is 0 Å². The van der Waals surface area contributed by atoms with Crippen LogP contribution in [0.15, 0.2) is 0 Å². The number of nitrogens with one attached hydrogen (secondary N) is 1. The highest BCUT2D eigenvalue weighted by molar-refractivity contribution is 4.86. The van der Waals surface area contributed by atoms with Crippen LogP contribution < -0.4 is 5.32 Å². The van der Waals surface area contributed by atoms with E-state index in [1.165, 1.54) is 32.2 Å². The van der Waals surface area contributed by atoms with Crippen molar-refractivity contribution in [3.05, 3.63) is 0 Å². The first-order chi connectivity index (χ1) is 6.84. The first kappa shape index (κ1) is 11.6. The van der Waals surface area contributed by atoms with Gasteiger partial charge in [0.15, 0.2) is 0 Å². The lowest BCUT2D eigenvalue weighted by atomic mass is 10.1. The molecule has 0 spiro atoms. The van der Waals surface area contributed by atoms with Crippen molar-refractivity contribution in [2.24, 2.45) is 0 Å². The highest BCUT2D eigenvalue weighted by Crippen LogP contribution is 2.15. The Bertz CT molecular complexity index is 183. The zero-order valence-electron chi connectivity index (χ0n) is 9.26. The van der Waals surface area contributed by atoms with Gasteiger partial charge in [0.25, 0.3) is 0 Å². The molecule has 0 aromatic heterocycles. The molecule has 0 aromatic rings. The van der Waals surface area contributed by atoms with Crippen LogP contribution in [0.5, 0.6) is 0 Å². The van der Waals surface area contributed by atoms with Gasteiger partial charge in [0.05, 0.1) is 6.54 Å². The number of likely N-dealkylation sites (tertiary alicyclic amines) is 1. The third kappa shape index (κ3) is 4.13. The van der Waals surface area contributed by atoms with Crippen LogP contribution in [0, 0.1) is 12.3 Å². The van der Waals surface area contributed by atoms with Crippen LogP contribution in [0.1, 0.15) is 32.6 Å². The average Bonchev–Trinajstić information content (AvgIpc) is 2.39. The van der Waals surface area contributed by atoms with Crippen LogP contribution in [-0.4, -0.2) is 37.1 Å². The maximum absolute atomic E-state index is 5.17. The summed E-state index contributed by atoms with van der Waals surface area (Å²) in [4.78, 5) is 2.58. The van der Waals surface area contributed by atoms with Crippen molar-refractivity contribution in [3.63, 3.8) is 0 Å². The summed E-state index contributed by atoms with van der Waals surface area (Å²) >= 11 is 0. The van der Waals surface area contributed by atoms with E-state index in [4.69, 9.17) is 6.42 Å². The maximum Gasteiger partial charge on any atom is 0.0574 e. The second-order valence-corrected chi connectivity index (χ2v) is 4.12. The summed E-state index contributed by atoms with van der Waals surface area (Å²) in [6, 6.07) is 0.755. The molecule has 80 valence electrons. The van der Waals surface area contributed by atoms with Gasteiger partial charge in [0, 0.05) is 19.1 Å². The molecule has 1 aliphatic heterocycles. The van der Waals surface area contributed by atoms with E-state index < -0.39 is 0 Å². The van der Waals surface area contributed by atoms with Crippen molar-refractivity contribution < 1.29 is 0 Å². The molecule has 1 heterocycles. The standard InChI is InChI=1S/C12H22N2/c1-3-8-13-9-11-14-10-6-4-5-7-12(14)2/h1,12-13H,4-11H2,2H3. The molecule has 0 amide bonds. The minimum Gasteiger partial charge on any atom is -0.305 e. The summed E-state index contributed by atoms with van der Waals surface area (Å²) in [6.07, 6.45) is 10.7. The van der Waals surface area contributed by atoms with Crippen molar-refractivity contribution in [2.45, 2.75) is 38.6 Å². The van der Waals surface area contributed by atoms with E-state index >= 15 is 0 Å². The van der Waals surface area contributed by atoms with Gasteiger partial charge < -0.3 is 5.32 Å². The monoisotopic (exact) mass is 194 g/mol. The molecule has 1 N–H and O–H groups in total. The van der Waals surface area contributed by atoms with Gasteiger partial charge in [-0.1, -0.05) is 18.8 Å². The fraction of sp³-hybridized carbons (Fsp3) is 0.833. The van der Waals surface area contributed by atoms with E-state index in [1.807, 2.05) is 0 Å². The van der Waals surface area contributed by atoms with Crippen LogP contribution >= 0.6 is 0 Å². The van der Waals surface area contributed by atoms with Crippen LogP contribution in [0.2, 0.25) is 0 Å². The molecule has 0 bridgehead atoms. The minimum absolute atomic E-state index is 0.697. The molecule has 2 nitrogen and oxygen atoms in total. The Morgan fingerprint density at radius 3 is 3.07 bits per heavy atom. The predicted molar refractivity (Wildman–Crippen MR) is 61.2 cm³/mol. The van der Waals surface area contributed by atoms with Gasteiger partial charge in [-0.15, -0.1) is 6.42 Å². The molecule has 14 heavy (non-hydrogen) atoms. The predicted octanol–water partition coefficient (Wildman–Crippen LogP) is 1.47. The largest absolute Gasteiger partial charge is 0.305 e. The molecule has 1 fully saturated rings. The van der Waals surface area contributed by atoms with Crippen molar-refractivity contribution in [1.29, 1.82) is 0 Å². The van der Waals surface area contributed by atoms with Crippen molar-refractivity contribution in [1.82, 2.24) is 10.2 Å². The summed E-state index contributed by atoms with van der Waals surface area (Å²) in [5.74, 6) is 2.60. The Morgan fingerprint density at radius 1 is 1.43 bits per heavy atom. The van der Waals surface area contributed by atoms with Crippen LogP contribution in [0.25, 0.3) is 0 Å². The summed E-state index contributed by atoms with van der Waals surface area (Å²) in [5, 5.41) is 3.25. The van der Waals surface area contributed by atoms with E-state index in [-0.39, 0.29) is 0 Å². The number of terminal acetylenes is 1. The molecule has 1 saturated heterocycles. The summed E-state index contributed by atoms with van der Waals surface area (Å²) in [6.45, 7) is 6.46. The van der Waals surface area contributed by atoms with Crippen molar-refractivity contribution in [2.75, 3.05) is 26.2 Å². The molecule has 0 aliphatic carbocycles. The highest BCUT2D eigenvalue weighted by atomic mass is 15.2. The lowest BCUT2D eigenvalue weighted by Gasteiger charge is -2.26. The van der Waals surface area contributed by atoms with E-state index in [0.29, 0.717) is 6.54 Å². The van der Waals surface area contributed by atoms with E-state index in [2.05, 4.69) is 23.1 Å². The fourth-order valence-electron chi connectivity index (χ4n) is 2.05. The van der Waals surface area contributed by atoms with Crippen LogP contribution in [0.4, 0.5) is 0 Å². The summed E-state index contributed by atoms with van der Waals surface area (Å²) < 4.78 is 0. The SMILES string of the molecule is C#CCNCCN1CCCCCC1C. The average molecular weight is 194 g/mol. The topological polar surface area (TPSA) is 15.3 Å². The number of nitrogens with zero attached hydrogens (tertiary/aromatic N) is 1. The van der Waals surface area contributed by atoms with E-state index in [9.17, 15) is 0 Å². The second-order valence-electron chi connectivity index (χ2n) is 4.12. The zero-order valence-corrected chi connectivity index (χ0v) is 9.26. The third-order valence-corrected chi connectivity index (χ3v) is 2.99. The molecule has 1 aliphatic rings. The molecule has 2 heteroatoms. The van der Waals surface area contributed by atoms with E-state index in [1.54, 1.807) is 0 Å². The Balaban J connectivity index is 2.17. The number of hydrogen-bond donors (Lipinski definition) is 1. The van der Waals surface area contributed by atoms with Gasteiger partial charge >= 0.3 is 0 Å². The minimum atomic E-state index is 0.697. The van der Waals surface area contributed by atoms with Crippen LogP contribution in [0.3, 0.4) is 0 Å². The lowest BCUT2D eigenvalue weighted by molar-refractivity contribution is 0.215. The molecular weight excluding hydrogens is 172 g/mol. The molecule has 1 atom stereocenters. The van der Waals surface area contributed by atoms with Gasteiger partial charge in [0.1, 0.15) is 0 Å². The zero-order chi connectivity index (χ0) is 10.2. The molecule has 0 aromatic carbocycles.